The summed E-state index contributed by atoms with van der Waals surface area (Å²) < 4.78 is 18.9. The molecule has 0 aliphatic carbocycles. The van der Waals surface area contributed by atoms with Gasteiger partial charge in [0.15, 0.2) is 0 Å². The summed E-state index contributed by atoms with van der Waals surface area (Å²) in [6, 6.07) is 18.4. The van der Waals surface area contributed by atoms with Gasteiger partial charge in [0.2, 0.25) is 0 Å². The molecule has 38 heavy (non-hydrogen) atoms. The number of carboxylic acids is 1. The molecule has 2 unspecified atom stereocenters. The molecule has 3 aromatic rings. The SMILES string of the molecule is O=C(O)C(CO)NCc1cc(Cl)c(OCc2cccc(-c3ccccc3)c2Br)cc1OCC1CNCCO1. The highest BCUT2D eigenvalue weighted by molar-refractivity contribution is 9.10. The molecule has 10 heteroatoms. The largest absolute Gasteiger partial charge is 0.490 e. The van der Waals surface area contributed by atoms with Crippen LogP contribution in [-0.2, 0) is 22.7 Å². The van der Waals surface area contributed by atoms with Gasteiger partial charge in [0.05, 0.1) is 18.2 Å². The molecule has 0 amide bonds. The molecule has 1 aliphatic rings. The summed E-state index contributed by atoms with van der Waals surface area (Å²) in [5.74, 6) is -0.224. The summed E-state index contributed by atoms with van der Waals surface area (Å²) in [6.45, 7) is 2.21. The number of hydrogen-bond donors (Lipinski definition) is 4. The van der Waals surface area contributed by atoms with Crippen LogP contribution in [-0.4, -0.2) is 61.2 Å². The van der Waals surface area contributed by atoms with Crippen molar-refractivity contribution in [3.05, 3.63) is 81.3 Å². The highest BCUT2D eigenvalue weighted by atomic mass is 79.9. The highest BCUT2D eigenvalue weighted by Crippen LogP contribution is 2.36. The number of benzene rings is 3. The zero-order valence-electron chi connectivity index (χ0n) is 20.7. The lowest BCUT2D eigenvalue weighted by Crippen LogP contribution is -2.41. The third-order valence-electron chi connectivity index (χ3n) is 6.11. The lowest BCUT2D eigenvalue weighted by molar-refractivity contribution is -0.140. The van der Waals surface area contributed by atoms with Crippen LogP contribution in [0, 0.1) is 0 Å². The average Bonchev–Trinajstić information content (AvgIpc) is 2.93. The first-order valence-corrected chi connectivity index (χ1v) is 13.4. The van der Waals surface area contributed by atoms with Gasteiger partial charge in [-0.15, -0.1) is 0 Å². The molecule has 4 N–H and O–H groups in total. The lowest BCUT2D eigenvalue weighted by atomic mass is 10.0. The number of halogens is 2. The molecule has 0 spiro atoms. The number of hydrogen-bond acceptors (Lipinski definition) is 7. The van der Waals surface area contributed by atoms with Gasteiger partial charge in [-0.05, 0) is 33.1 Å². The summed E-state index contributed by atoms with van der Waals surface area (Å²) in [7, 11) is 0. The first-order chi connectivity index (χ1) is 18.5. The monoisotopic (exact) mass is 604 g/mol. The third kappa shape index (κ3) is 7.47. The van der Waals surface area contributed by atoms with Crippen molar-refractivity contribution < 1.29 is 29.2 Å². The van der Waals surface area contributed by atoms with Crippen molar-refractivity contribution in [3.8, 4) is 22.6 Å². The Hall–Kier alpha value is -2.66. The number of morpholine rings is 1. The number of aliphatic carboxylic acids is 1. The molecule has 0 saturated carbocycles. The van der Waals surface area contributed by atoms with E-state index in [0.29, 0.717) is 41.8 Å². The maximum absolute atomic E-state index is 11.3. The average molecular weight is 606 g/mol. The van der Waals surface area contributed by atoms with E-state index in [-0.39, 0.29) is 19.3 Å². The molecular formula is C28H30BrClN2O6. The summed E-state index contributed by atoms with van der Waals surface area (Å²) in [6.07, 6.45) is -0.120. The highest BCUT2D eigenvalue weighted by Gasteiger charge is 2.20. The fourth-order valence-electron chi connectivity index (χ4n) is 4.02. The van der Waals surface area contributed by atoms with Crippen molar-refractivity contribution in [1.29, 1.82) is 0 Å². The van der Waals surface area contributed by atoms with Crippen LogP contribution in [0.15, 0.2) is 65.1 Å². The fourth-order valence-corrected chi connectivity index (χ4v) is 4.87. The smallest absolute Gasteiger partial charge is 0.323 e. The predicted octanol–water partition coefficient (Wildman–Crippen LogP) is 4.25. The molecule has 0 radical (unpaired) electrons. The Morgan fingerprint density at radius 2 is 1.95 bits per heavy atom. The Bertz CT molecular complexity index is 1220. The number of ether oxygens (including phenoxy) is 3. The van der Waals surface area contributed by atoms with E-state index in [9.17, 15) is 15.0 Å². The fraction of sp³-hybridized carbons (Fsp3) is 0.321. The van der Waals surface area contributed by atoms with Gasteiger partial charge in [-0.2, -0.15) is 0 Å². The first-order valence-electron chi connectivity index (χ1n) is 12.3. The van der Waals surface area contributed by atoms with E-state index in [4.69, 9.17) is 25.8 Å². The number of carbonyl (C=O) groups is 1. The van der Waals surface area contributed by atoms with Gasteiger partial charge in [-0.25, -0.2) is 0 Å². The molecule has 8 nitrogen and oxygen atoms in total. The number of aliphatic hydroxyl groups excluding tert-OH is 1. The molecule has 3 aromatic carbocycles. The Morgan fingerprint density at radius 1 is 1.13 bits per heavy atom. The van der Waals surface area contributed by atoms with E-state index in [1.165, 1.54) is 0 Å². The zero-order chi connectivity index (χ0) is 26.9. The maximum atomic E-state index is 11.3. The number of aliphatic hydroxyl groups is 1. The molecule has 4 rings (SSSR count). The second kappa shape index (κ2) is 13.9. The van der Waals surface area contributed by atoms with E-state index in [1.54, 1.807) is 12.1 Å². The molecule has 1 heterocycles. The van der Waals surface area contributed by atoms with Crippen molar-refractivity contribution >= 4 is 33.5 Å². The van der Waals surface area contributed by atoms with E-state index >= 15 is 0 Å². The zero-order valence-corrected chi connectivity index (χ0v) is 23.0. The standard InChI is InChI=1S/C28H30BrClN2O6/c29-27-19(7-4-8-22(27)18-5-2-1-3-6-18)16-37-26-12-25(38-17-21-14-31-9-10-36-21)20(11-23(26)30)13-32-24(15-33)28(34)35/h1-8,11-12,21,24,31-33H,9-10,13-17H2,(H,34,35). The lowest BCUT2D eigenvalue weighted by Gasteiger charge is -2.24. The van der Waals surface area contributed by atoms with Crippen LogP contribution in [0.4, 0.5) is 0 Å². The van der Waals surface area contributed by atoms with Crippen LogP contribution in [0.1, 0.15) is 11.1 Å². The third-order valence-corrected chi connectivity index (χ3v) is 7.34. The van der Waals surface area contributed by atoms with Crippen LogP contribution in [0.5, 0.6) is 11.5 Å². The van der Waals surface area contributed by atoms with Gasteiger partial charge in [0, 0.05) is 41.3 Å². The van der Waals surface area contributed by atoms with Gasteiger partial charge in [-0.3, -0.25) is 10.1 Å². The molecule has 202 valence electrons. The van der Waals surface area contributed by atoms with Gasteiger partial charge < -0.3 is 29.7 Å². The quantitative estimate of drug-likeness (QED) is 0.243. The second-order valence-corrected chi connectivity index (χ2v) is 9.99. The molecule has 1 aliphatic heterocycles. The van der Waals surface area contributed by atoms with E-state index < -0.39 is 18.6 Å². The molecular weight excluding hydrogens is 576 g/mol. The minimum atomic E-state index is -1.15. The van der Waals surface area contributed by atoms with E-state index in [0.717, 1.165) is 27.7 Å². The van der Waals surface area contributed by atoms with Crippen molar-refractivity contribution in [1.82, 2.24) is 10.6 Å². The Morgan fingerprint density at radius 3 is 2.66 bits per heavy atom. The molecule has 1 fully saturated rings. The molecule has 0 aromatic heterocycles. The van der Waals surface area contributed by atoms with Gasteiger partial charge in [0.25, 0.3) is 0 Å². The molecule has 1 saturated heterocycles. The topological polar surface area (TPSA) is 109 Å². The first kappa shape index (κ1) is 28.4. The maximum Gasteiger partial charge on any atom is 0.323 e. The van der Waals surface area contributed by atoms with Gasteiger partial charge >= 0.3 is 5.97 Å². The van der Waals surface area contributed by atoms with Crippen LogP contribution in [0.25, 0.3) is 11.1 Å². The molecule has 2 atom stereocenters. The number of rotatable bonds is 12. The summed E-state index contributed by atoms with van der Waals surface area (Å²) in [5, 5.41) is 25.1. The van der Waals surface area contributed by atoms with Crippen LogP contribution in [0.2, 0.25) is 5.02 Å². The van der Waals surface area contributed by atoms with Gasteiger partial charge in [0.1, 0.15) is 36.9 Å². The van der Waals surface area contributed by atoms with Crippen LogP contribution < -0.4 is 20.1 Å². The minimum absolute atomic E-state index is 0.120. The van der Waals surface area contributed by atoms with Crippen LogP contribution in [0.3, 0.4) is 0 Å². The number of nitrogens with one attached hydrogen (secondary N) is 2. The van der Waals surface area contributed by atoms with Crippen LogP contribution >= 0.6 is 27.5 Å². The Kier molecular flexibility index (Phi) is 10.4. The normalized spacial score (nSPS) is 16.1. The minimum Gasteiger partial charge on any atom is -0.490 e. The van der Waals surface area contributed by atoms with E-state index in [2.05, 4.69) is 38.7 Å². The Balaban J connectivity index is 1.53. The van der Waals surface area contributed by atoms with Gasteiger partial charge in [-0.1, -0.05) is 60.1 Å². The van der Waals surface area contributed by atoms with Crippen molar-refractivity contribution in [2.75, 3.05) is 32.9 Å². The summed E-state index contributed by atoms with van der Waals surface area (Å²) in [5.41, 5.74) is 3.73. The van der Waals surface area contributed by atoms with Crippen molar-refractivity contribution in [2.24, 2.45) is 0 Å². The van der Waals surface area contributed by atoms with E-state index in [1.807, 2.05) is 36.4 Å². The summed E-state index contributed by atoms with van der Waals surface area (Å²) in [4.78, 5) is 11.3. The second-order valence-electron chi connectivity index (χ2n) is 8.79. The predicted molar refractivity (Wildman–Crippen MR) is 149 cm³/mol. The van der Waals surface area contributed by atoms with Crippen molar-refractivity contribution in [3.63, 3.8) is 0 Å². The van der Waals surface area contributed by atoms with Crippen molar-refractivity contribution in [2.45, 2.75) is 25.3 Å². The number of carboxylic acid groups (broad SMARTS) is 1. The summed E-state index contributed by atoms with van der Waals surface area (Å²) >= 11 is 10.3. The molecule has 0 bridgehead atoms. The Labute approximate surface area is 235 Å².